The standard InChI is InChI=1S/C29H34N4O4S/c1-21-9-10-22(26(38)19-21)11-12-24(34)23-7-4-5-8-25(23)37-18-6-13-32-14-16-33(17-15-32)27-20-28(35)31(3)29(36)30(27)2/h4-5,7-12,19-20,38H,6,13-18H2,1-3H3/b12-11+. The van der Waals surface area contributed by atoms with Gasteiger partial charge in [0, 0.05) is 57.8 Å². The molecule has 200 valence electrons. The summed E-state index contributed by atoms with van der Waals surface area (Å²) in [5.41, 5.74) is 1.93. The SMILES string of the molecule is Cc1ccc(/C=C/C(=O)c2ccccc2OCCCN2CCN(c3cc(=O)n(C)c(=O)n3C)CC2)c(S)c1. The van der Waals surface area contributed by atoms with Crippen LogP contribution in [0.25, 0.3) is 6.08 Å². The number of para-hydroxylation sites is 1. The highest BCUT2D eigenvalue weighted by molar-refractivity contribution is 7.80. The molecule has 0 radical (unpaired) electrons. The molecule has 0 aliphatic carbocycles. The van der Waals surface area contributed by atoms with Crippen LogP contribution in [0.3, 0.4) is 0 Å². The van der Waals surface area contributed by atoms with Gasteiger partial charge in [0.2, 0.25) is 0 Å². The Morgan fingerprint density at radius 3 is 2.47 bits per heavy atom. The van der Waals surface area contributed by atoms with E-state index in [4.69, 9.17) is 4.74 Å². The Labute approximate surface area is 228 Å². The lowest BCUT2D eigenvalue weighted by Crippen LogP contribution is -2.49. The zero-order chi connectivity index (χ0) is 27.2. The fourth-order valence-corrected chi connectivity index (χ4v) is 4.89. The van der Waals surface area contributed by atoms with E-state index >= 15 is 0 Å². The Hall–Kier alpha value is -3.56. The lowest BCUT2D eigenvalue weighted by molar-refractivity contribution is 0.104. The number of carbonyl (C=O) groups is 1. The fourth-order valence-electron chi connectivity index (χ4n) is 4.54. The van der Waals surface area contributed by atoms with E-state index in [1.165, 1.54) is 17.7 Å². The number of aryl methyl sites for hydroxylation is 1. The average molecular weight is 535 g/mol. The molecule has 0 N–H and O–H groups in total. The first-order valence-corrected chi connectivity index (χ1v) is 13.2. The van der Waals surface area contributed by atoms with Gasteiger partial charge >= 0.3 is 5.69 Å². The number of ketones is 1. The number of nitrogens with zero attached hydrogens (tertiary/aromatic N) is 4. The third-order valence-electron chi connectivity index (χ3n) is 6.83. The highest BCUT2D eigenvalue weighted by Crippen LogP contribution is 2.22. The minimum atomic E-state index is -0.317. The van der Waals surface area contributed by atoms with Gasteiger partial charge in [-0.25, -0.2) is 4.79 Å². The first-order chi connectivity index (χ1) is 18.2. The summed E-state index contributed by atoms with van der Waals surface area (Å²) in [5.74, 6) is 1.12. The van der Waals surface area contributed by atoms with Gasteiger partial charge in [-0.2, -0.15) is 0 Å². The summed E-state index contributed by atoms with van der Waals surface area (Å²) in [4.78, 5) is 42.5. The molecule has 0 spiro atoms. The number of carbonyl (C=O) groups excluding carboxylic acids is 1. The number of thiol groups is 1. The van der Waals surface area contributed by atoms with Crippen LogP contribution in [0.4, 0.5) is 5.82 Å². The number of piperazine rings is 1. The number of hydrogen-bond donors (Lipinski definition) is 1. The quantitative estimate of drug-likeness (QED) is 0.197. The Morgan fingerprint density at radius 2 is 1.74 bits per heavy atom. The van der Waals surface area contributed by atoms with Crippen molar-refractivity contribution in [2.45, 2.75) is 18.2 Å². The smallest absolute Gasteiger partial charge is 0.332 e. The van der Waals surface area contributed by atoms with Gasteiger partial charge in [-0.15, -0.1) is 12.6 Å². The lowest BCUT2D eigenvalue weighted by atomic mass is 10.1. The molecule has 1 aliphatic heterocycles. The van der Waals surface area contributed by atoms with Crippen LogP contribution in [0, 0.1) is 6.92 Å². The number of rotatable bonds is 9. The molecule has 1 aliphatic rings. The highest BCUT2D eigenvalue weighted by atomic mass is 32.1. The molecule has 1 saturated heterocycles. The topological polar surface area (TPSA) is 76.8 Å². The van der Waals surface area contributed by atoms with Crippen LogP contribution < -0.4 is 20.9 Å². The van der Waals surface area contributed by atoms with Crippen LogP contribution in [0.5, 0.6) is 5.75 Å². The minimum Gasteiger partial charge on any atom is -0.493 e. The first-order valence-electron chi connectivity index (χ1n) is 12.7. The van der Waals surface area contributed by atoms with E-state index < -0.39 is 0 Å². The molecule has 0 amide bonds. The predicted octanol–water partition coefficient (Wildman–Crippen LogP) is 3.17. The van der Waals surface area contributed by atoms with Crippen molar-refractivity contribution >= 4 is 30.3 Å². The van der Waals surface area contributed by atoms with Crippen molar-refractivity contribution in [2.24, 2.45) is 14.1 Å². The molecule has 0 atom stereocenters. The zero-order valence-electron chi connectivity index (χ0n) is 22.1. The molecule has 3 aromatic rings. The van der Waals surface area contributed by atoms with Gasteiger partial charge in [0.25, 0.3) is 5.56 Å². The van der Waals surface area contributed by atoms with Crippen molar-refractivity contribution in [3.05, 3.63) is 92.1 Å². The summed E-state index contributed by atoms with van der Waals surface area (Å²) in [7, 11) is 3.18. The van der Waals surface area contributed by atoms with E-state index in [2.05, 4.69) is 22.4 Å². The summed E-state index contributed by atoms with van der Waals surface area (Å²) < 4.78 is 8.64. The van der Waals surface area contributed by atoms with E-state index in [0.717, 1.165) is 59.7 Å². The van der Waals surface area contributed by atoms with E-state index in [1.54, 1.807) is 25.3 Å². The Kier molecular flexibility index (Phi) is 8.91. The molecule has 9 heteroatoms. The summed E-state index contributed by atoms with van der Waals surface area (Å²) in [6.07, 6.45) is 4.16. The predicted molar refractivity (Wildman–Crippen MR) is 154 cm³/mol. The fraction of sp³-hybridized carbons (Fsp3) is 0.345. The average Bonchev–Trinajstić information content (AvgIpc) is 2.92. The van der Waals surface area contributed by atoms with E-state index in [9.17, 15) is 14.4 Å². The Balaban J connectivity index is 1.27. The van der Waals surface area contributed by atoms with Gasteiger partial charge in [0.05, 0.1) is 12.2 Å². The van der Waals surface area contributed by atoms with Gasteiger partial charge in [-0.05, 0) is 54.8 Å². The number of aromatic nitrogens is 2. The number of allylic oxidation sites excluding steroid dienone is 1. The molecule has 2 aromatic carbocycles. The van der Waals surface area contributed by atoms with E-state index in [0.29, 0.717) is 23.7 Å². The molecule has 4 rings (SSSR count). The van der Waals surface area contributed by atoms with Crippen LogP contribution in [-0.2, 0) is 14.1 Å². The number of hydrogen-bond acceptors (Lipinski definition) is 7. The monoisotopic (exact) mass is 534 g/mol. The van der Waals surface area contributed by atoms with Crippen molar-refractivity contribution in [1.82, 2.24) is 14.0 Å². The van der Waals surface area contributed by atoms with Crippen LogP contribution in [-0.4, -0.2) is 59.1 Å². The Morgan fingerprint density at radius 1 is 1.00 bits per heavy atom. The van der Waals surface area contributed by atoms with Crippen LogP contribution in [0.1, 0.15) is 27.9 Å². The van der Waals surface area contributed by atoms with Gasteiger partial charge in [-0.3, -0.25) is 23.6 Å². The van der Waals surface area contributed by atoms with Crippen molar-refractivity contribution in [1.29, 1.82) is 0 Å². The molecule has 1 fully saturated rings. The highest BCUT2D eigenvalue weighted by Gasteiger charge is 2.20. The maximum absolute atomic E-state index is 12.9. The molecule has 0 saturated carbocycles. The Bertz CT molecular complexity index is 1450. The summed E-state index contributed by atoms with van der Waals surface area (Å²) in [6.45, 7) is 6.49. The normalized spacial score (nSPS) is 14.3. The summed E-state index contributed by atoms with van der Waals surface area (Å²) in [5, 5.41) is 0. The zero-order valence-corrected chi connectivity index (χ0v) is 23.0. The molecule has 2 heterocycles. The van der Waals surface area contributed by atoms with Crippen LogP contribution in [0.15, 0.2) is 69.1 Å². The van der Waals surface area contributed by atoms with Crippen LogP contribution in [0.2, 0.25) is 0 Å². The van der Waals surface area contributed by atoms with Crippen molar-refractivity contribution in [3.63, 3.8) is 0 Å². The second kappa shape index (κ2) is 12.3. The molecular weight excluding hydrogens is 500 g/mol. The first kappa shape index (κ1) is 27.5. The second-order valence-corrected chi connectivity index (χ2v) is 10.0. The maximum atomic E-state index is 12.9. The van der Waals surface area contributed by atoms with E-state index in [-0.39, 0.29) is 17.0 Å². The minimum absolute atomic E-state index is 0.116. The van der Waals surface area contributed by atoms with Crippen molar-refractivity contribution < 1.29 is 9.53 Å². The number of anilines is 1. The lowest BCUT2D eigenvalue weighted by Gasteiger charge is -2.36. The third-order valence-corrected chi connectivity index (χ3v) is 7.21. The van der Waals surface area contributed by atoms with Crippen LogP contribution >= 0.6 is 12.6 Å². The van der Waals surface area contributed by atoms with Gasteiger partial charge < -0.3 is 9.64 Å². The molecule has 38 heavy (non-hydrogen) atoms. The summed E-state index contributed by atoms with van der Waals surface area (Å²) >= 11 is 4.50. The summed E-state index contributed by atoms with van der Waals surface area (Å²) in [6, 6.07) is 14.7. The third kappa shape index (κ3) is 6.46. The van der Waals surface area contributed by atoms with Crippen molar-refractivity contribution in [2.75, 3.05) is 44.2 Å². The number of benzene rings is 2. The molecule has 8 nitrogen and oxygen atoms in total. The molecular formula is C29H34N4O4S. The van der Waals surface area contributed by atoms with E-state index in [1.807, 2.05) is 43.3 Å². The van der Waals surface area contributed by atoms with Crippen molar-refractivity contribution in [3.8, 4) is 5.75 Å². The molecule has 0 unspecified atom stereocenters. The number of ether oxygens (including phenoxy) is 1. The maximum Gasteiger partial charge on any atom is 0.332 e. The molecule has 1 aromatic heterocycles. The largest absolute Gasteiger partial charge is 0.493 e. The molecule has 0 bridgehead atoms. The van der Waals surface area contributed by atoms with Gasteiger partial charge in [0.15, 0.2) is 5.78 Å². The van der Waals surface area contributed by atoms with Gasteiger partial charge in [0.1, 0.15) is 11.6 Å². The second-order valence-electron chi connectivity index (χ2n) is 9.53. The van der Waals surface area contributed by atoms with Gasteiger partial charge in [-0.1, -0.05) is 24.3 Å².